The Bertz CT molecular complexity index is 1210. The number of allylic oxidation sites excluding steroid dienone is 14. The molecule has 0 heterocycles. The van der Waals surface area contributed by atoms with E-state index in [9.17, 15) is 19.8 Å². The van der Waals surface area contributed by atoms with Crippen LogP contribution in [0.2, 0.25) is 0 Å². The normalized spacial score (nSPS) is 13.9. The summed E-state index contributed by atoms with van der Waals surface area (Å²) in [6.45, 7) is 6.33. The Morgan fingerprint density at radius 1 is 0.476 bits per heavy atom. The van der Waals surface area contributed by atoms with Crippen molar-refractivity contribution >= 4 is 11.9 Å². The molecule has 0 radical (unpaired) electrons. The number of carbonyl (C=O) groups is 2. The fourth-order valence-corrected chi connectivity index (χ4v) is 7.51. The van der Waals surface area contributed by atoms with E-state index >= 15 is 0 Å². The molecule has 362 valence electrons. The minimum Gasteiger partial charge on any atom is -0.462 e. The first-order valence-electron chi connectivity index (χ1n) is 26.3. The van der Waals surface area contributed by atoms with Crippen molar-refractivity contribution in [1.82, 2.24) is 5.32 Å². The molecule has 3 N–H and O–H groups in total. The van der Waals surface area contributed by atoms with E-state index in [-0.39, 0.29) is 31.3 Å². The third kappa shape index (κ3) is 45.4. The van der Waals surface area contributed by atoms with Crippen molar-refractivity contribution in [3.8, 4) is 0 Å². The molecule has 1 amide bonds. The highest BCUT2D eigenvalue weighted by molar-refractivity contribution is 5.77. The summed E-state index contributed by atoms with van der Waals surface area (Å²) in [5.74, 6) is -0.592. The quantitative estimate of drug-likeness (QED) is 0.0322. The van der Waals surface area contributed by atoms with Gasteiger partial charge in [0, 0.05) is 6.42 Å². The van der Waals surface area contributed by atoms with Crippen LogP contribution in [-0.4, -0.2) is 46.9 Å². The monoisotopic (exact) mass is 878 g/mol. The third-order valence-electron chi connectivity index (χ3n) is 11.5. The maximum Gasteiger partial charge on any atom is 0.306 e. The Morgan fingerprint density at radius 3 is 1.32 bits per heavy atom. The van der Waals surface area contributed by atoms with Gasteiger partial charge in [0.2, 0.25) is 5.91 Å². The lowest BCUT2D eigenvalue weighted by atomic mass is 10.0. The highest BCUT2D eigenvalue weighted by Gasteiger charge is 2.24. The molecule has 0 aliphatic rings. The molecule has 0 aliphatic heterocycles. The number of aliphatic hydroxyl groups excluding tert-OH is 2. The van der Waals surface area contributed by atoms with Gasteiger partial charge in [-0.05, 0) is 89.9 Å². The number of nitrogens with one attached hydrogen (secondary N) is 1. The van der Waals surface area contributed by atoms with Crippen LogP contribution in [0, 0.1) is 0 Å². The molecule has 0 aromatic heterocycles. The molecule has 6 heteroatoms. The first-order valence-corrected chi connectivity index (χ1v) is 26.3. The average molecular weight is 878 g/mol. The molecule has 0 rings (SSSR count). The van der Waals surface area contributed by atoms with Gasteiger partial charge in [0.15, 0.2) is 0 Å². The molecule has 0 bridgehead atoms. The Morgan fingerprint density at radius 2 is 0.857 bits per heavy atom. The van der Waals surface area contributed by atoms with E-state index < -0.39 is 18.2 Å². The third-order valence-corrected chi connectivity index (χ3v) is 11.5. The summed E-state index contributed by atoms with van der Waals surface area (Å²) in [5, 5.41) is 23.7. The van der Waals surface area contributed by atoms with Crippen LogP contribution in [0.1, 0.15) is 239 Å². The molecule has 6 nitrogen and oxygen atoms in total. The van der Waals surface area contributed by atoms with Gasteiger partial charge < -0.3 is 20.3 Å². The minimum absolute atomic E-state index is 0.0333. The lowest BCUT2D eigenvalue weighted by Crippen LogP contribution is -2.46. The van der Waals surface area contributed by atoms with E-state index in [1.54, 1.807) is 0 Å². The molecule has 0 spiro atoms. The SMILES string of the molecule is CC/C=C\C/C=C\C/C=C\C/C=C\C/C=C\C/C=C\CCC(=O)OC(CCCCC/C=C/CCCCCCCCCCC)CC(=O)NC(CO)C(O)CCCCCCCCCCC. The van der Waals surface area contributed by atoms with Crippen molar-refractivity contribution in [2.24, 2.45) is 0 Å². The van der Waals surface area contributed by atoms with Crippen LogP contribution in [0.5, 0.6) is 0 Å². The summed E-state index contributed by atoms with van der Waals surface area (Å²) in [6.07, 6.45) is 65.2. The van der Waals surface area contributed by atoms with Crippen molar-refractivity contribution in [2.45, 2.75) is 257 Å². The molecule has 0 aromatic rings. The number of rotatable bonds is 46. The number of hydrogen-bond donors (Lipinski definition) is 3. The van der Waals surface area contributed by atoms with Crippen molar-refractivity contribution in [3.63, 3.8) is 0 Å². The Labute approximate surface area is 389 Å². The lowest BCUT2D eigenvalue weighted by Gasteiger charge is -2.24. The van der Waals surface area contributed by atoms with Gasteiger partial charge in [-0.25, -0.2) is 0 Å². The molecule has 3 atom stereocenters. The molecule has 0 aromatic carbocycles. The van der Waals surface area contributed by atoms with Crippen LogP contribution < -0.4 is 5.32 Å². The maximum absolute atomic E-state index is 13.2. The first kappa shape index (κ1) is 60.0. The molecule has 0 aliphatic carbocycles. The van der Waals surface area contributed by atoms with Crippen LogP contribution >= 0.6 is 0 Å². The fourth-order valence-electron chi connectivity index (χ4n) is 7.51. The van der Waals surface area contributed by atoms with E-state index in [0.29, 0.717) is 19.3 Å². The number of unbranched alkanes of at least 4 members (excludes halogenated alkanes) is 20. The molecular formula is C57H99NO5. The van der Waals surface area contributed by atoms with Gasteiger partial charge in [-0.3, -0.25) is 9.59 Å². The van der Waals surface area contributed by atoms with E-state index in [2.05, 4.69) is 105 Å². The summed E-state index contributed by atoms with van der Waals surface area (Å²) in [4.78, 5) is 26.1. The van der Waals surface area contributed by atoms with Crippen LogP contribution in [0.3, 0.4) is 0 Å². The number of hydrogen-bond acceptors (Lipinski definition) is 5. The molecule has 3 unspecified atom stereocenters. The average Bonchev–Trinajstić information content (AvgIpc) is 3.28. The summed E-state index contributed by atoms with van der Waals surface area (Å²) < 4.78 is 5.89. The van der Waals surface area contributed by atoms with Gasteiger partial charge in [-0.1, -0.05) is 221 Å². The standard InChI is InChI=1S/C57H99NO5/c1-4-7-10-13-16-19-21-23-25-27-28-29-31-33-35-38-41-44-47-50-57(62)63-53(48-45-42-39-37-34-32-30-26-24-22-20-17-14-11-8-5-2)51-56(61)58-54(52-59)55(60)49-46-43-40-36-18-15-12-9-6-3/h7,10,16,19,23,25,28-29,32-35,41,44,53-55,59-60H,4-6,8-9,11-15,17-18,20-22,24,26-27,30-31,36-40,42-43,45-52H2,1-3H3,(H,58,61)/b10-7-,19-16-,25-23-,29-28-,34-32+,35-33-,44-41-. The summed E-state index contributed by atoms with van der Waals surface area (Å²) in [7, 11) is 0. The maximum atomic E-state index is 13.2. The van der Waals surface area contributed by atoms with E-state index in [1.165, 1.54) is 96.3 Å². The second-order valence-corrected chi connectivity index (χ2v) is 17.5. The predicted octanol–water partition coefficient (Wildman–Crippen LogP) is 16.0. The van der Waals surface area contributed by atoms with Crippen LogP contribution in [0.15, 0.2) is 85.1 Å². The van der Waals surface area contributed by atoms with Crippen molar-refractivity contribution in [3.05, 3.63) is 85.1 Å². The van der Waals surface area contributed by atoms with Crippen molar-refractivity contribution in [1.29, 1.82) is 0 Å². The summed E-state index contributed by atoms with van der Waals surface area (Å²) in [6, 6.07) is -0.724. The molecular weight excluding hydrogens is 779 g/mol. The largest absolute Gasteiger partial charge is 0.462 e. The number of carbonyl (C=O) groups excluding carboxylic acids is 2. The lowest BCUT2D eigenvalue weighted by molar-refractivity contribution is -0.150. The van der Waals surface area contributed by atoms with Crippen LogP contribution in [-0.2, 0) is 14.3 Å². The first-order chi connectivity index (χ1) is 31.0. The molecule has 0 saturated heterocycles. The number of aliphatic hydroxyl groups is 2. The smallest absolute Gasteiger partial charge is 0.306 e. The Kier molecular flexibility index (Phi) is 47.7. The summed E-state index contributed by atoms with van der Waals surface area (Å²) >= 11 is 0. The fraction of sp³-hybridized carbons (Fsp3) is 0.719. The van der Waals surface area contributed by atoms with Gasteiger partial charge >= 0.3 is 5.97 Å². The molecule has 63 heavy (non-hydrogen) atoms. The second kappa shape index (κ2) is 50.0. The van der Waals surface area contributed by atoms with Gasteiger partial charge in [0.1, 0.15) is 6.10 Å². The number of esters is 1. The highest BCUT2D eigenvalue weighted by atomic mass is 16.5. The van der Waals surface area contributed by atoms with Crippen molar-refractivity contribution in [2.75, 3.05) is 6.61 Å². The van der Waals surface area contributed by atoms with Gasteiger partial charge in [0.25, 0.3) is 0 Å². The second-order valence-electron chi connectivity index (χ2n) is 17.5. The molecule has 0 saturated carbocycles. The zero-order valence-electron chi connectivity index (χ0n) is 41.2. The van der Waals surface area contributed by atoms with Gasteiger partial charge in [0.05, 0.1) is 25.2 Å². The summed E-state index contributed by atoms with van der Waals surface area (Å²) in [5.41, 5.74) is 0. The zero-order valence-corrected chi connectivity index (χ0v) is 41.2. The van der Waals surface area contributed by atoms with E-state index in [4.69, 9.17) is 4.74 Å². The Hall–Kier alpha value is -2.96. The predicted molar refractivity (Wildman–Crippen MR) is 273 cm³/mol. The van der Waals surface area contributed by atoms with Crippen LogP contribution in [0.4, 0.5) is 0 Å². The topological polar surface area (TPSA) is 95.9 Å². The van der Waals surface area contributed by atoms with Gasteiger partial charge in [-0.2, -0.15) is 0 Å². The van der Waals surface area contributed by atoms with E-state index in [0.717, 1.165) is 89.9 Å². The van der Waals surface area contributed by atoms with E-state index in [1.807, 2.05) is 6.08 Å². The van der Waals surface area contributed by atoms with Crippen LogP contribution in [0.25, 0.3) is 0 Å². The Balaban J connectivity index is 4.72. The van der Waals surface area contributed by atoms with Gasteiger partial charge in [-0.15, -0.1) is 0 Å². The highest BCUT2D eigenvalue weighted by Crippen LogP contribution is 2.17. The van der Waals surface area contributed by atoms with Crippen molar-refractivity contribution < 1.29 is 24.5 Å². The zero-order chi connectivity index (χ0) is 45.9. The minimum atomic E-state index is -0.806. The number of ether oxygens (including phenoxy) is 1. The number of amides is 1. The molecule has 0 fully saturated rings.